The van der Waals surface area contributed by atoms with Crippen molar-refractivity contribution in [2.24, 2.45) is 5.73 Å². The van der Waals surface area contributed by atoms with Crippen LogP contribution in [0.25, 0.3) is 0 Å². The molecule has 10 heteroatoms. The summed E-state index contributed by atoms with van der Waals surface area (Å²) in [6.07, 6.45) is -1.62. The molecule has 0 aromatic heterocycles. The van der Waals surface area contributed by atoms with E-state index in [9.17, 15) is 24.3 Å². The number of likely N-dealkylation sites (N-methyl/N-ethyl adjacent to an activating group) is 1. The molecule has 4 atom stereocenters. The van der Waals surface area contributed by atoms with Gasteiger partial charge in [0.25, 0.3) is 11.8 Å². The molecule has 1 fully saturated rings. The lowest BCUT2D eigenvalue weighted by Crippen LogP contribution is -2.55. The highest BCUT2D eigenvalue weighted by atomic mass is 16.6. The molecular formula is C25H30N4O6. The van der Waals surface area contributed by atoms with Crippen molar-refractivity contribution >= 4 is 23.6 Å². The zero-order valence-electron chi connectivity index (χ0n) is 19.6. The van der Waals surface area contributed by atoms with Crippen LogP contribution in [0.2, 0.25) is 0 Å². The van der Waals surface area contributed by atoms with Crippen molar-refractivity contribution in [1.82, 2.24) is 16.0 Å². The molecule has 1 aliphatic heterocycles. The largest absolute Gasteiger partial charge is 0.508 e. The quantitative estimate of drug-likeness (QED) is 0.280. The van der Waals surface area contributed by atoms with E-state index < -0.39 is 47.9 Å². The number of epoxide rings is 1. The second-order valence-electron chi connectivity index (χ2n) is 8.46. The Balaban J connectivity index is 1.72. The van der Waals surface area contributed by atoms with Crippen LogP contribution in [-0.4, -0.2) is 59.6 Å². The fourth-order valence-corrected chi connectivity index (χ4v) is 3.57. The van der Waals surface area contributed by atoms with Crippen molar-refractivity contribution in [2.75, 3.05) is 6.54 Å². The molecule has 2 aromatic carbocycles. The zero-order valence-corrected chi connectivity index (χ0v) is 19.6. The fraction of sp³-hybridized carbons (Fsp3) is 0.360. The van der Waals surface area contributed by atoms with E-state index in [1.807, 2.05) is 31.2 Å². The Hall–Kier alpha value is -3.92. The van der Waals surface area contributed by atoms with Gasteiger partial charge in [0, 0.05) is 19.4 Å². The molecule has 35 heavy (non-hydrogen) atoms. The van der Waals surface area contributed by atoms with Gasteiger partial charge in [0.15, 0.2) is 12.2 Å². The van der Waals surface area contributed by atoms with Gasteiger partial charge in [-0.3, -0.25) is 19.2 Å². The maximum atomic E-state index is 13.2. The second kappa shape index (κ2) is 11.5. The standard InChI is InChI=1S/C25H30N4O6/c1-3-27-24(33)20-21(35-20)25(34)29-19(13-15-6-4-14(2)5-7-15)23(32)28-18(22(26)31)12-16-8-10-17(30)11-9-16/h4-11,18-21,30H,3,12-13H2,1-2H3,(H2,26,31)(H,27,33)(H,28,32)(H,29,34)/t18-,19-,20-,21-/m0/s1. The Morgan fingerprint density at radius 3 is 2.00 bits per heavy atom. The number of carbonyl (C=O) groups is 4. The summed E-state index contributed by atoms with van der Waals surface area (Å²) >= 11 is 0. The van der Waals surface area contributed by atoms with Gasteiger partial charge in [0.1, 0.15) is 17.8 Å². The maximum Gasteiger partial charge on any atom is 0.253 e. The average molecular weight is 483 g/mol. The van der Waals surface area contributed by atoms with Crippen LogP contribution in [0.1, 0.15) is 23.6 Å². The third kappa shape index (κ3) is 7.28. The van der Waals surface area contributed by atoms with Gasteiger partial charge in [0.05, 0.1) is 0 Å². The molecule has 1 aliphatic rings. The Morgan fingerprint density at radius 2 is 1.43 bits per heavy atom. The van der Waals surface area contributed by atoms with Crippen LogP contribution < -0.4 is 21.7 Å². The first kappa shape index (κ1) is 25.7. The molecular weight excluding hydrogens is 452 g/mol. The molecule has 0 bridgehead atoms. The molecule has 10 nitrogen and oxygen atoms in total. The van der Waals surface area contributed by atoms with Crippen LogP contribution in [0.4, 0.5) is 0 Å². The third-order valence-corrected chi connectivity index (χ3v) is 5.59. The number of nitrogens with one attached hydrogen (secondary N) is 3. The highest BCUT2D eigenvalue weighted by molar-refractivity contribution is 5.97. The predicted molar refractivity (Wildman–Crippen MR) is 127 cm³/mol. The molecule has 1 saturated heterocycles. The summed E-state index contributed by atoms with van der Waals surface area (Å²) in [7, 11) is 0. The van der Waals surface area contributed by atoms with E-state index in [4.69, 9.17) is 10.5 Å². The minimum Gasteiger partial charge on any atom is -0.508 e. The summed E-state index contributed by atoms with van der Waals surface area (Å²) in [4.78, 5) is 49.9. The van der Waals surface area contributed by atoms with Gasteiger partial charge >= 0.3 is 0 Å². The van der Waals surface area contributed by atoms with Crippen molar-refractivity contribution in [3.8, 4) is 5.75 Å². The van der Waals surface area contributed by atoms with E-state index in [0.29, 0.717) is 12.1 Å². The molecule has 3 rings (SSSR count). The molecule has 6 N–H and O–H groups in total. The molecule has 2 aromatic rings. The van der Waals surface area contributed by atoms with E-state index in [1.54, 1.807) is 19.1 Å². The summed E-state index contributed by atoms with van der Waals surface area (Å²) in [6.45, 7) is 4.09. The Morgan fingerprint density at radius 1 is 0.886 bits per heavy atom. The first-order valence-electron chi connectivity index (χ1n) is 11.3. The smallest absolute Gasteiger partial charge is 0.253 e. The average Bonchev–Trinajstić information content (AvgIpc) is 3.62. The molecule has 1 heterocycles. The van der Waals surface area contributed by atoms with Gasteiger partial charge in [-0.25, -0.2) is 0 Å². The van der Waals surface area contributed by atoms with Crippen molar-refractivity contribution in [1.29, 1.82) is 0 Å². The molecule has 4 amide bonds. The maximum absolute atomic E-state index is 13.2. The molecule has 0 spiro atoms. The van der Waals surface area contributed by atoms with E-state index >= 15 is 0 Å². The van der Waals surface area contributed by atoms with Gasteiger partial charge < -0.3 is 31.5 Å². The van der Waals surface area contributed by atoms with Crippen molar-refractivity contribution in [2.45, 2.75) is 51.0 Å². The van der Waals surface area contributed by atoms with Gasteiger partial charge in [-0.1, -0.05) is 42.0 Å². The number of aryl methyl sites for hydroxylation is 1. The zero-order chi connectivity index (χ0) is 25.5. The van der Waals surface area contributed by atoms with Crippen molar-refractivity contribution < 1.29 is 29.0 Å². The number of hydrogen-bond acceptors (Lipinski definition) is 6. The first-order chi connectivity index (χ1) is 16.7. The fourth-order valence-electron chi connectivity index (χ4n) is 3.57. The number of hydrogen-bond donors (Lipinski definition) is 5. The number of amides is 4. The highest BCUT2D eigenvalue weighted by Gasteiger charge is 2.50. The van der Waals surface area contributed by atoms with E-state index in [1.165, 1.54) is 12.1 Å². The second-order valence-corrected chi connectivity index (χ2v) is 8.46. The number of aromatic hydroxyl groups is 1. The van der Waals surface area contributed by atoms with Gasteiger partial charge in [-0.05, 0) is 37.1 Å². The molecule has 0 radical (unpaired) electrons. The topological polar surface area (TPSA) is 163 Å². The van der Waals surface area contributed by atoms with Gasteiger partial charge in [-0.15, -0.1) is 0 Å². The lowest BCUT2D eigenvalue weighted by atomic mass is 10.0. The summed E-state index contributed by atoms with van der Waals surface area (Å²) in [6, 6.07) is 11.6. The number of carbonyl (C=O) groups excluding carboxylic acids is 4. The van der Waals surface area contributed by atoms with Crippen LogP contribution in [0, 0.1) is 6.92 Å². The number of nitrogens with two attached hydrogens (primary N) is 1. The van der Waals surface area contributed by atoms with Crippen LogP contribution >= 0.6 is 0 Å². The molecule has 0 saturated carbocycles. The monoisotopic (exact) mass is 482 g/mol. The molecule has 0 aliphatic carbocycles. The Kier molecular flexibility index (Phi) is 8.43. The van der Waals surface area contributed by atoms with E-state index in [0.717, 1.165) is 11.1 Å². The minimum absolute atomic E-state index is 0.0718. The number of benzene rings is 2. The summed E-state index contributed by atoms with van der Waals surface area (Å²) in [5.41, 5.74) is 8.03. The van der Waals surface area contributed by atoms with Crippen LogP contribution in [0.5, 0.6) is 5.75 Å². The highest BCUT2D eigenvalue weighted by Crippen LogP contribution is 2.22. The predicted octanol–water partition coefficient (Wildman–Crippen LogP) is -0.156. The van der Waals surface area contributed by atoms with Crippen LogP contribution in [-0.2, 0) is 36.8 Å². The lowest BCUT2D eigenvalue weighted by Gasteiger charge is -2.22. The number of phenols is 1. The van der Waals surface area contributed by atoms with E-state index in [2.05, 4.69) is 16.0 Å². The van der Waals surface area contributed by atoms with Crippen LogP contribution in [0.15, 0.2) is 48.5 Å². The number of phenolic OH excluding ortho intramolecular Hbond substituents is 1. The minimum atomic E-state index is -1.04. The summed E-state index contributed by atoms with van der Waals surface area (Å²) in [5, 5.41) is 17.3. The first-order valence-corrected chi connectivity index (χ1v) is 11.3. The number of rotatable bonds is 11. The lowest BCUT2D eigenvalue weighted by molar-refractivity contribution is -0.131. The van der Waals surface area contributed by atoms with Gasteiger partial charge in [0.2, 0.25) is 11.8 Å². The summed E-state index contributed by atoms with van der Waals surface area (Å²) < 4.78 is 5.20. The Labute approximate surface area is 203 Å². The van der Waals surface area contributed by atoms with Crippen molar-refractivity contribution in [3.05, 3.63) is 65.2 Å². The van der Waals surface area contributed by atoms with Gasteiger partial charge in [-0.2, -0.15) is 0 Å². The SMILES string of the molecule is CCNC(=O)[C@H]1O[C@@H]1C(=O)N[C@@H](Cc1ccc(C)cc1)C(=O)N[C@@H](Cc1ccc(O)cc1)C(N)=O. The number of primary amides is 1. The summed E-state index contributed by atoms with van der Waals surface area (Å²) in [5.74, 6) is -2.26. The Bertz CT molecular complexity index is 1070. The molecule has 0 unspecified atom stereocenters. The van der Waals surface area contributed by atoms with Crippen LogP contribution in [0.3, 0.4) is 0 Å². The molecule has 186 valence electrons. The van der Waals surface area contributed by atoms with E-state index in [-0.39, 0.29) is 18.6 Å². The normalized spacial score (nSPS) is 18.1. The third-order valence-electron chi connectivity index (χ3n) is 5.59. The van der Waals surface area contributed by atoms with Crippen molar-refractivity contribution in [3.63, 3.8) is 0 Å². The number of ether oxygens (including phenoxy) is 1.